The van der Waals surface area contributed by atoms with E-state index in [4.69, 9.17) is 5.73 Å². The zero-order valence-corrected chi connectivity index (χ0v) is 16.1. The molecule has 2 rings (SSSR count). The number of benzene rings is 1. The summed E-state index contributed by atoms with van der Waals surface area (Å²) in [5.74, 6) is 1.20. The van der Waals surface area contributed by atoms with Gasteiger partial charge in [0.1, 0.15) is 4.90 Å². The van der Waals surface area contributed by atoms with Crippen LogP contribution in [0.5, 0.6) is 0 Å². The number of anilines is 1. The van der Waals surface area contributed by atoms with E-state index in [1.165, 1.54) is 0 Å². The minimum Gasteiger partial charge on any atom is -0.398 e. The fraction of sp³-hybridized carbons (Fsp3) is 0.571. The van der Waals surface area contributed by atoms with Gasteiger partial charge in [-0.15, -0.1) is 0 Å². The van der Waals surface area contributed by atoms with Crippen molar-refractivity contribution in [3.63, 3.8) is 0 Å². The van der Waals surface area contributed by atoms with Crippen LogP contribution in [0.1, 0.15) is 26.7 Å². The molecule has 0 spiro atoms. The summed E-state index contributed by atoms with van der Waals surface area (Å²) in [5, 5.41) is 0. The van der Waals surface area contributed by atoms with E-state index in [9.17, 15) is 8.42 Å². The highest BCUT2D eigenvalue weighted by molar-refractivity contribution is 9.11. The summed E-state index contributed by atoms with van der Waals surface area (Å²) >= 11 is 6.63. The average Bonchev–Trinajstić information content (AvgIpc) is 2.37. The summed E-state index contributed by atoms with van der Waals surface area (Å²) in [4.78, 5) is 0.175. The molecule has 21 heavy (non-hydrogen) atoms. The molecule has 0 radical (unpaired) electrons. The summed E-state index contributed by atoms with van der Waals surface area (Å²) in [6.45, 7) is 5.51. The van der Waals surface area contributed by atoms with E-state index in [-0.39, 0.29) is 10.6 Å². The van der Waals surface area contributed by atoms with Gasteiger partial charge in [0.25, 0.3) is 0 Å². The molecular weight excluding hydrogens is 420 g/mol. The van der Waals surface area contributed by atoms with Crippen LogP contribution in [0.3, 0.4) is 0 Å². The van der Waals surface area contributed by atoms with Crippen molar-refractivity contribution in [3.05, 3.63) is 21.1 Å². The van der Waals surface area contributed by atoms with Gasteiger partial charge in [-0.1, -0.05) is 29.8 Å². The van der Waals surface area contributed by atoms with Gasteiger partial charge in [0.05, 0.1) is 5.69 Å². The molecule has 0 amide bonds. The van der Waals surface area contributed by atoms with Crippen molar-refractivity contribution in [3.8, 4) is 0 Å². The lowest BCUT2D eigenvalue weighted by molar-refractivity contribution is 0.226. The zero-order valence-electron chi connectivity index (χ0n) is 12.1. The lowest BCUT2D eigenvalue weighted by atomic mass is 9.87. The minimum absolute atomic E-state index is 0.175. The molecule has 1 saturated heterocycles. The van der Waals surface area contributed by atoms with Crippen LogP contribution in [0.15, 0.2) is 26.0 Å². The van der Waals surface area contributed by atoms with E-state index < -0.39 is 10.0 Å². The predicted molar refractivity (Wildman–Crippen MR) is 92.6 cm³/mol. The highest BCUT2D eigenvalue weighted by Gasteiger charge is 2.33. The van der Waals surface area contributed by atoms with Crippen molar-refractivity contribution in [2.75, 3.05) is 18.8 Å². The van der Waals surface area contributed by atoms with Crippen molar-refractivity contribution in [1.29, 1.82) is 0 Å². The van der Waals surface area contributed by atoms with Gasteiger partial charge in [-0.25, -0.2) is 8.42 Å². The van der Waals surface area contributed by atoms with Gasteiger partial charge in [0.2, 0.25) is 10.0 Å². The Morgan fingerprint density at radius 3 is 2.29 bits per heavy atom. The lowest BCUT2D eigenvalue weighted by Gasteiger charge is -2.33. The summed E-state index contributed by atoms with van der Waals surface area (Å²) in [7, 11) is -3.55. The largest absolute Gasteiger partial charge is 0.398 e. The Hall–Kier alpha value is -0.110. The minimum atomic E-state index is -3.55. The van der Waals surface area contributed by atoms with Crippen molar-refractivity contribution >= 4 is 47.6 Å². The first-order valence-corrected chi connectivity index (χ1v) is 10.0. The monoisotopic (exact) mass is 438 g/mol. The third kappa shape index (κ3) is 3.63. The number of piperidine rings is 1. The van der Waals surface area contributed by atoms with Crippen LogP contribution in [-0.4, -0.2) is 25.8 Å². The summed E-state index contributed by atoms with van der Waals surface area (Å²) in [5.41, 5.74) is 6.19. The molecule has 0 aromatic heterocycles. The van der Waals surface area contributed by atoms with Crippen LogP contribution in [0.25, 0.3) is 0 Å². The van der Waals surface area contributed by atoms with E-state index >= 15 is 0 Å². The third-order valence-corrected chi connectivity index (χ3v) is 7.44. The molecule has 0 unspecified atom stereocenters. The molecule has 0 aliphatic carbocycles. The zero-order chi connectivity index (χ0) is 15.8. The second kappa shape index (κ2) is 6.56. The van der Waals surface area contributed by atoms with Crippen molar-refractivity contribution in [2.45, 2.75) is 31.6 Å². The van der Waals surface area contributed by atoms with Gasteiger partial charge in [-0.3, -0.25) is 0 Å². The molecule has 118 valence electrons. The summed E-state index contributed by atoms with van der Waals surface area (Å²) in [6.07, 6.45) is 1.82. The second-order valence-corrected chi connectivity index (χ2v) is 9.44. The number of nitrogens with two attached hydrogens (primary N) is 1. The van der Waals surface area contributed by atoms with Gasteiger partial charge in [0, 0.05) is 22.0 Å². The van der Waals surface area contributed by atoms with Crippen LogP contribution in [0.4, 0.5) is 5.69 Å². The first kappa shape index (κ1) is 17.2. The molecule has 4 nitrogen and oxygen atoms in total. The Morgan fingerprint density at radius 1 is 1.24 bits per heavy atom. The predicted octanol–water partition coefficient (Wildman–Crippen LogP) is 3.85. The number of halogens is 2. The molecule has 0 bridgehead atoms. The van der Waals surface area contributed by atoms with Crippen molar-refractivity contribution < 1.29 is 8.42 Å². The molecule has 2 N–H and O–H groups in total. The number of hydrogen-bond acceptors (Lipinski definition) is 3. The number of rotatable bonds is 3. The number of sulfonamides is 1. The standard InChI is InChI=1S/C14H20Br2N2O2S/c1-9(2)10-3-5-18(6-4-10)21(19,20)14-12(16)7-11(15)8-13(14)17/h7-10H,3-6,17H2,1-2H3. The fourth-order valence-corrected chi connectivity index (χ4v) is 6.25. The van der Waals surface area contributed by atoms with Crippen LogP contribution >= 0.6 is 31.9 Å². The van der Waals surface area contributed by atoms with E-state index in [0.29, 0.717) is 29.4 Å². The Labute approximate surface area is 143 Å². The maximum atomic E-state index is 12.8. The molecule has 1 aromatic rings. The summed E-state index contributed by atoms with van der Waals surface area (Å²) in [6, 6.07) is 3.34. The van der Waals surface area contributed by atoms with Gasteiger partial charge in [-0.2, -0.15) is 4.31 Å². The quantitative estimate of drug-likeness (QED) is 0.727. The number of nitrogens with zero attached hydrogens (tertiary/aromatic N) is 1. The number of nitrogen functional groups attached to an aromatic ring is 1. The molecule has 1 aliphatic rings. The van der Waals surface area contributed by atoms with Gasteiger partial charge < -0.3 is 5.73 Å². The lowest BCUT2D eigenvalue weighted by Crippen LogP contribution is -2.39. The molecule has 7 heteroatoms. The Balaban J connectivity index is 2.28. The van der Waals surface area contributed by atoms with Crippen LogP contribution in [0.2, 0.25) is 0 Å². The normalized spacial score (nSPS) is 18.3. The number of hydrogen-bond donors (Lipinski definition) is 1. The molecular formula is C14H20Br2N2O2S. The molecule has 1 heterocycles. The Morgan fingerprint density at radius 2 is 1.81 bits per heavy atom. The molecule has 1 aromatic carbocycles. The highest BCUT2D eigenvalue weighted by Crippen LogP contribution is 2.35. The van der Waals surface area contributed by atoms with Crippen LogP contribution < -0.4 is 5.73 Å². The van der Waals surface area contributed by atoms with Crippen LogP contribution in [-0.2, 0) is 10.0 Å². The molecule has 1 fully saturated rings. The van der Waals surface area contributed by atoms with E-state index in [1.807, 2.05) is 0 Å². The first-order chi connectivity index (χ1) is 9.73. The SMILES string of the molecule is CC(C)C1CCN(S(=O)(=O)c2c(N)cc(Br)cc2Br)CC1. The first-order valence-electron chi connectivity index (χ1n) is 6.98. The maximum absolute atomic E-state index is 12.8. The summed E-state index contributed by atoms with van der Waals surface area (Å²) < 4.78 is 28.4. The smallest absolute Gasteiger partial charge is 0.246 e. The van der Waals surface area contributed by atoms with Crippen molar-refractivity contribution in [1.82, 2.24) is 4.31 Å². The van der Waals surface area contributed by atoms with Gasteiger partial charge in [-0.05, 0) is 52.7 Å². The van der Waals surface area contributed by atoms with Gasteiger partial charge in [0.15, 0.2) is 0 Å². The molecule has 1 aliphatic heterocycles. The second-order valence-electron chi connectivity index (χ2n) is 5.79. The maximum Gasteiger partial charge on any atom is 0.246 e. The average molecular weight is 440 g/mol. The Kier molecular flexibility index (Phi) is 5.39. The topological polar surface area (TPSA) is 63.4 Å². The third-order valence-electron chi connectivity index (χ3n) is 4.08. The van der Waals surface area contributed by atoms with Crippen LogP contribution in [0, 0.1) is 11.8 Å². The van der Waals surface area contributed by atoms with E-state index in [1.54, 1.807) is 16.4 Å². The fourth-order valence-electron chi connectivity index (χ4n) is 2.76. The molecule has 0 saturated carbocycles. The highest BCUT2D eigenvalue weighted by atomic mass is 79.9. The van der Waals surface area contributed by atoms with E-state index in [2.05, 4.69) is 45.7 Å². The van der Waals surface area contributed by atoms with Gasteiger partial charge >= 0.3 is 0 Å². The van der Waals surface area contributed by atoms with E-state index in [0.717, 1.165) is 17.3 Å². The van der Waals surface area contributed by atoms with Crippen molar-refractivity contribution in [2.24, 2.45) is 11.8 Å². The Bertz CT molecular complexity index is 601. The molecule has 0 atom stereocenters.